The fourth-order valence-corrected chi connectivity index (χ4v) is 3.77. The predicted molar refractivity (Wildman–Crippen MR) is 106 cm³/mol. The number of rotatable bonds is 12. The summed E-state index contributed by atoms with van der Waals surface area (Å²) in [6.07, 6.45) is -7.98. The molecule has 0 aromatic heterocycles. The van der Waals surface area contributed by atoms with Gasteiger partial charge in [-0.3, -0.25) is 0 Å². The molecule has 11 nitrogen and oxygen atoms in total. The predicted octanol–water partition coefficient (Wildman–Crippen LogP) is -2.01. The van der Waals surface area contributed by atoms with Crippen molar-refractivity contribution in [2.24, 2.45) is 0 Å². The van der Waals surface area contributed by atoms with Gasteiger partial charge < -0.3 is 54.7 Å². The van der Waals surface area contributed by atoms with E-state index in [0.717, 1.165) is 32.1 Å². The van der Waals surface area contributed by atoms with Crippen LogP contribution in [0.2, 0.25) is 0 Å². The summed E-state index contributed by atoms with van der Waals surface area (Å²) in [6, 6.07) is 0. The second-order valence-corrected chi connectivity index (χ2v) is 8.14. The van der Waals surface area contributed by atoms with Crippen LogP contribution in [-0.4, -0.2) is 117 Å². The van der Waals surface area contributed by atoms with Gasteiger partial charge in [-0.1, -0.05) is 39.0 Å². The Labute approximate surface area is 182 Å². The van der Waals surface area contributed by atoms with E-state index in [4.69, 9.17) is 18.9 Å². The zero-order valence-electron chi connectivity index (χ0n) is 17.9. The Balaban J connectivity index is 1.90. The van der Waals surface area contributed by atoms with Crippen molar-refractivity contribution in [1.29, 1.82) is 0 Å². The maximum atomic E-state index is 10.5. The van der Waals surface area contributed by atoms with Gasteiger partial charge in [-0.05, 0) is 6.42 Å². The molecule has 0 aromatic rings. The van der Waals surface area contributed by atoms with Crippen LogP contribution in [0, 0.1) is 0 Å². The van der Waals surface area contributed by atoms with Crippen LogP contribution < -0.4 is 0 Å². The van der Waals surface area contributed by atoms with Gasteiger partial charge in [0.1, 0.15) is 48.8 Å². The molecule has 0 aliphatic carbocycles. The van der Waals surface area contributed by atoms with E-state index in [-0.39, 0.29) is 0 Å². The Hall–Kier alpha value is -0.440. The van der Waals surface area contributed by atoms with E-state index < -0.39 is 74.6 Å². The molecule has 0 aromatic carbocycles. The van der Waals surface area contributed by atoms with Crippen LogP contribution in [0.3, 0.4) is 0 Å². The van der Waals surface area contributed by atoms with Crippen molar-refractivity contribution >= 4 is 0 Å². The minimum absolute atomic E-state index is 0.316. The van der Waals surface area contributed by atoms with E-state index >= 15 is 0 Å². The standard InChI is InChI=1S/C20H38O11/c1-2-3-4-5-6-7-8-28-19-17(27)15(25)18(12(10-22)30-19)31-20-16(26)14(24)13(23)11(9-21)29-20/h11-27H,2-10H2,1H3/t11?,12?,13-,14?,15?,16?,17?,18-,19-,20-/m1/s1. The van der Waals surface area contributed by atoms with E-state index in [0.29, 0.717) is 6.61 Å². The van der Waals surface area contributed by atoms with Crippen molar-refractivity contribution in [3.8, 4) is 0 Å². The normalized spacial score (nSPS) is 41.4. The smallest absolute Gasteiger partial charge is 0.187 e. The summed E-state index contributed by atoms with van der Waals surface area (Å²) in [5, 5.41) is 69.7. The Morgan fingerprint density at radius 1 is 0.645 bits per heavy atom. The monoisotopic (exact) mass is 454 g/mol. The average Bonchev–Trinajstić information content (AvgIpc) is 2.77. The van der Waals surface area contributed by atoms with Crippen LogP contribution in [0.1, 0.15) is 45.4 Å². The molecule has 0 bridgehead atoms. The summed E-state index contributed by atoms with van der Waals surface area (Å²) in [5.41, 5.74) is 0. The molecular formula is C20H38O11. The lowest BCUT2D eigenvalue weighted by molar-refractivity contribution is -0.359. The van der Waals surface area contributed by atoms with Crippen LogP contribution in [-0.2, 0) is 18.9 Å². The van der Waals surface area contributed by atoms with Crippen molar-refractivity contribution in [3.05, 3.63) is 0 Å². The number of unbranched alkanes of at least 4 members (excludes halogenated alkanes) is 5. The maximum Gasteiger partial charge on any atom is 0.187 e. The maximum absolute atomic E-state index is 10.5. The van der Waals surface area contributed by atoms with E-state index in [2.05, 4.69) is 6.92 Å². The van der Waals surface area contributed by atoms with E-state index in [1.807, 2.05) is 0 Å². The molecule has 0 amide bonds. The summed E-state index contributed by atoms with van der Waals surface area (Å²) in [5.74, 6) is 0. The van der Waals surface area contributed by atoms with Crippen molar-refractivity contribution < 1.29 is 54.7 Å². The topological polar surface area (TPSA) is 179 Å². The van der Waals surface area contributed by atoms with Crippen LogP contribution in [0.15, 0.2) is 0 Å². The summed E-state index contributed by atoms with van der Waals surface area (Å²) in [7, 11) is 0. The fourth-order valence-electron chi connectivity index (χ4n) is 3.77. The molecule has 184 valence electrons. The molecule has 2 aliphatic rings. The molecule has 0 saturated carbocycles. The lowest BCUT2D eigenvalue weighted by Gasteiger charge is -2.45. The zero-order valence-corrected chi connectivity index (χ0v) is 17.9. The van der Waals surface area contributed by atoms with Crippen LogP contribution in [0.4, 0.5) is 0 Å². The van der Waals surface area contributed by atoms with Crippen LogP contribution in [0.5, 0.6) is 0 Å². The lowest BCUT2D eigenvalue weighted by atomic mass is 9.97. The van der Waals surface area contributed by atoms with E-state index in [9.17, 15) is 35.7 Å². The average molecular weight is 455 g/mol. The van der Waals surface area contributed by atoms with Gasteiger partial charge in [-0.2, -0.15) is 0 Å². The first kappa shape index (κ1) is 26.8. The second-order valence-electron chi connectivity index (χ2n) is 8.14. The number of ether oxygens (including phenoxy) is 4. The summed E-state index contributed by atoms with van der Waals surface area (Å²) >= 11 is 0. The molecule has 7 N–H and O–H groups in total. The van der Waals surface area contributed by atoms with Gasteiger partial charge in [0.05, 0.1) is 13.2 Å². The minimum Gasteiger partial charge on any atom is -0.394 e. The summed E-state index contributed by atoms with van der Waals surface area (Å²) in [4.78, 5) is 0. The Morgan fingerprint density at radius 3 is 1.87 bits per heavy atom. The first-order valence-electron chi connectivity index (χ1n) is 11.1. The van der Waals surface area contributed by atoms with Gasteiger partial charge in [-0.25, -0.2) is 0 Å². The van der Waals surface area contributed by atoms with Crippen molar-refractivity contribution in [2.75, 3.05) is 19.8 Å². The molecule has 2 heterocycles. The molecule has 0 spiro atoms. The van der Waals surface area contributed by atoms with Gasteiger partial charge in [0.2, 0.25) is 0 Å². The first-order valence-corrected chi connectivity index (χ1v) is 11.1. The molecule has 2 fully saturated rings. The molecule has 6 unspecified atom stereocenters. The highest BCUT2D eigenvalue weighted by Crippen LogP contribution is 2.29. The highest BCUT2D eigenvalue weighted by Gasteiger charge is 2.50. The van der Waals surface area contributed by atoms with E-state index in [1.54, 1.807) is 0 Å². The third-order valence-electron chi connectivity index (χ3n) is 5.74. The molecule has 11 heteroatoms. The number of hydrogen-bond donors (Lipinski definition) is 7. The molecule has 31 heavy (non-hydrogen) atoms. The zero-order chi connectivity index (χ0) is 23.0. The third-order valence-corrected chi connectivity index (χ3v) is 5.74. The number of aliphatic hydroxyl groups excluding tert-OH is 7. The van der Waals surface area contributed by atoms with E-state index in [1.165, 1.54) is 6.42 Å². The lowest BCUT2D eigenvalue weighted by Crippen LogP contribution is -2.64. The quantitative estimate of drug-likeness (QED) is 0.162. The van der Waals surface area contributed by atoms with Gasteiger partial charge in [0.15, 0.2) is 12.6 Å². The number of hydrogen-bond acceptors (Lipinski definition) is 11. The summed E-state index contributed by atoms with van der Waals surface area (Å²) < 4.78 is 21.9. The Morgan fingerprint density at radius 2 is 1.23 bits per heavy atom. The third kappa shape index (κ3) is 7.02. The largest absolute Gasteiger partial charge is 0.394 e. The van der Waals surface area contributed by atoms with Gasteiger partial charge in [-0.15, -0.1) is 0 Å². The van der Waals surface area contributed by atoms with Crippen molar-refractivity contribution in [1.82, 2.24) is 0 Å². The SMILES string of the molecule is CCCCCCCCO[C@@H]1OC(CO)[C@@H](O[C@H]2OC(CO)[C@@H](O)C(O)C2O)C(O)C1O. The molecule has 2 rings (SSSR count). The minimum atomic E-state index is -1.69. The second kappa shape index (κ2) is 13.3. The highest BCUT2D eigenvalue weighted by atomic mass is 16.7. The first-order chi connectivity index (χ1) is 14.8. The Bertz CT molecular complexity index is 492. The van der Waals surface area contributed by atoms with Gasteiger partial charge in [0.25, 0.3) is 0 Å². The molecule has 2 saturated heterocycles. The molecule has 10 atom stereocenters. The summed E-state index contributed by atoms with van der Waals surface area (Å²) in [6.45, 7) is 1.23. The van der Waals surface area contributed by atoms with Crippen LogP contribution in [0.25, 0.3) is 0 Å². The highest BCUT2D eigenvalue weighted by molar-refractivity contribution is 4.94. The van der Waals surface area contributed by atoms with Crippen molar-refractivity contribution in [2.45, 2.75) is 107 Å². The number of aliphatic hydroxyl groups is 7. The van der Waals surface area contributed by atoms with Crippen LogP contribution >= 0.6 is 0 Å². The fraction of sp³-hybridized carbons (Fsp3) is 1.00. The molecule has 2 aliphatic heterocycles. The van der Waals surface area contributed by atoms with Crippen molar-refractivity contribution in [3.63, 3.8) is 0 Å². The van der Waals surface area contributed by atoms with Gasteiger partial charge in [0, 0.05) is 6.61 Å². The molecular weight excluding hydrogens is 416 g/mol. The Kier molecular flexibility index (Phi) is 11.5. The molecule has 0 radical (unpaired) electrons. The van der Waals surface area contributed by atoms with Gasteiger partial charge >= 0.3 is 0 Å².